The van der Waals surface area contributed by atoms with Gasteiger partial charge in [0, 0.05) is 5.56 Å². The van der Waals surface area contributed by atoms with Crippen LogP contribution in [-0.2, 0) is 16.1 Å². The number of carbonyl (C=O) groups excluding carboxylic acids is 1. The van der Waals surface area contributed by atoms with E-state index >= 15 is 0 Å². The van der Waals surface area contributed by atoms with E-state index in [1.54, 1.807) is 0 Å². The summed E-state index contributed by atoms with van der Waals surface area (Å²) in [4.78, 5) is 11.5. The molecule has 0 bridgehead atoms. The minimum Gasteiger partial charge on any atom is -0.468 e. The van der Waals surface area contributed by atoms with Crippen LogP contribution < -0.4 is 9.47 Å². The average molecular weight is 383 g/mol. The van der Waals surface area contributed by atoms with Crippen LogP contribution in [0.2, 0.25) is 0 Å². The molecule has 138 valence electrons. The van der Waals surface area contributed by atoms with Crippen molar-refractivity contribution in [3.8, 4) is 22.9 Å². The van der Waals surface area contributed by atoms with E-state index < -0.39 is 0 Å². The SMILES string of the molecule is COC(=O)CSc1nnc(-c2ccccc2)n1Cc1ccc2c(c1)OCO2. The Morgan fingerprint density at radius 2 is 1.96 bits per heavy atom. The van der Waals surface area contributed by atoms with Gasteiger partial charge in [0.25, 0.3) is 0 Å². The molecule has 1 aromatic heterocycles. The fourth-order valence-electron chi connectivity index (χ4n) is 2.74. The van der Waals surface area contributed by atoms with Crippen molar-refractivity contribution in [2.45, 2.75) is 11.7 Å². The van der Waals surface area contributed by atoms with Gasteiger partial charge < -0.3 is 14.2 Å². The lowest BCUT2D eigenvalue weighted by molar-refractivity contribution is -0.137. The Morgan fingerprint density at radius 3 is 2.78 bits per heavy atom. The Hall–Kier alpha value is -3.00. The number of hydrogen-bond donors (Lipinski definition) is 0. The fourth-order valence-corrected chi connectivity index (χ4v) is 3.51. The molecular formula is C19H17N3O4S. The number of thioether (sulfide) groups is 1. The third-order valence-corrected chi connectivity index (χ3v) is 5.01. The minimum atomic E-state index is -0.307. The molecule has 0 atom stereocenters. The van der Waals surface area contributed by atoms with Gasteiger partial charge in [0.2, 0.25) is 6.79 Å². The summed E-state index contributed by atoms with van der Waals surface area (Å²) in [5.41, 5.74) is 1.98. The topological polar surface area (TPSA) is 75.5 Å². The fraction of sp³-hybridized carbons (Fsp3) is 0.211. The summed E-state index contributed by atoms with van der Waals surface area (Å²) in [5.74, 6) is 2.07. The van der Waals surface area contributed by atoms with Crippen LogP contribution in [0.5, 0.6) is 11.5 Å². The molecule has 2 heterocycles. The van der Waals surface area contributed by atoms with Crippen LogP contribution in [0.1, 0.15) is 5.56 Å². The van der Waals surface area contributed by atoms with Crippen molar-refractivity contribution in [2.75, 3.05) is 19.7 Å². The molecule has 1 aliphatic heterocycles. The summed E-state index contributed by atoms with van der Waals surface area (Å²) in [6.45, 7) is 0.776. The molecule has 0 aliphatic carbocycles. The number of esters is 1. The number of nitrogens with zero attached hydrogens (tertiary/aromatic N) is 3. The Balaban J connectivity index is 1.67. The van der Waals surface area contributed by atoms with Crippen LogP contribution in [0.4, 0.5) is 0 Å². The number of benzene rings is 2. The second-order valence-corrected chi connectivity index (χ2v) is 6.75. The van der Waals surface area contributed by atoms with Crippen molar-refractivity contribution in [3.63, 3.8) is 0 Å². The molecule has 0 saturated heterocycles. The molecule has 0 spiro atoms. The maximum Gasteiger partial charge on any atom is 0.316 e. The predicted octanol–water partition coefficient (Wildman–Crippen LogP) is 2.99. The van der Waals surface area contributed by atoms with E-state index in [1.165, 1.54) is 18.9 Å². The van der Waals surface area contributed by atoms with Crippen molar-refractivity contribution in [1.82, 2.24) is 14.8 Å². The van der Waals surface area contributed by atoms with Crippen LogP contribution in [-0.4, -0.2) is 40.4 Å². The van der Waals surface area contributed by atoms with E-state index in [0.29, 0.717) is 11.7 Å². The van der Waals surface area contributed by atoms with Gasteiger partial charge in [0.05, 0.1) is 19.4 Å². The standard InChI is InChI=1S/C19H17N3O4S/c1-24-17(23)11-27-19-21-20-18(14-5-3-2-4-6-14)22(19)10-13-7-8-15-16(9-13)26-12-25-15/h2-9H,10-12H2,1H3. The number of ether oxygens (including phenoxy) is 3. The Kier molecular flexibility index (Phi) is 4.97. The lowest BCUT2D eigenvalue weighted by atomic mass is 10.2. The highest BCUT2D eigenvalue weighted by atomic mass is 32.2. The summed E-state index contributed by atoms with van der Waals surface area (Å²) in [5, 5.41) is 9.27. The number of carbonyl (C=O) groups is 1. The van der Waals surface area contributed by atoms with Crippen LogP contribution in [0.3, 0.4) is 0 Å². The Labute approximate surface area is 160 Å². The van der Waals surface area contributed by atoms with Crippen molar-refractivity contribution in [2.24, 2.45) is 0 Å². The molecular weight excluding hydrogens is 366 g/mol. The summed E-state index contributed by atoms with van der Waals surface area (Å²) in [7, 11) is 1.37. The molecule has 0 radical (unpaired) electrons. The number of rotatable bonds is 6. The number of hydrogen-bond acceptors (Lipinski definition) is 7. The van der Waals surface area contributed by atoms with Gasteiger partial charge in [-0.25, -0.2) is 0 Å². The zero-order valence-electron chi connectivity index (χ0n) is 14.6. The third kappa shape index (κ3) is 3.75. The quantitative estimate of drug-likeness (QED) is 0.478. The molecule has 0 saturated carbocycles. The van der Waals surface area contributed by atoms with Crippen molar-refractivity contribution < 1.29 is 19.0 Å². The summed E-state index contributed by atoms with van der Waals surface area (Å²) < 4.78 is 17.6. The molecule has 27 heavy (non-hydrogen) atoms. The first-order valence-corrected chi connectivity index (χ1v) is 9.30. The molecule has 0 N–H and O–H groups in total. The zero-order chi connectivity index (χ0) is 18.6. The molecule has 0 unspecified atom stereocenters. The molecule has 8 heteroatoms. The largest absolute Gasteiger partial charge is 0.468 e. The molecule has 1 aliphatic rings. The lowest BCUT2D eigenvalue weighted by Crippen LogP contribution is -2.07. The summed E-state index contributed by atoms with van der Waals surface area (Å²) >= 11 is 1.30. The highest BCUT2D eigenvalue weighted by molar-refractivity contribution is 7.99. The first-order chi connectivity index (χ1) is 13.2. The van der Waals surface area contributed by atoms with Gasteiger partial charge in [-0.1, -0.05) is 48.2 Å². The lowest BCUT2D eigenvalue weighted by Gasteiger charge is -2.11. The van der Waals surface area contributed by atoms with E-state index in [0.717, 1.165) is 28.5 Å². The second-order valence-electron chi connectivity index (χ2n) is 5.81. The van der Waals surface area contributed by atoms with Crippen LogP contribution >= 0.6 is 11.8 Å². The van der Waals surface area contributed by atoms with Crippen LogP contribution in [0.25, 0.3) is 11.4 Å². The highest BCUT2D eigenvalue weighted by Crippen LogP contribution is 2.33. The first-order valence-electron chi connectivity index (χ1n) is 8.31. The molecule has 0 fully saturated rings. The number of aromatic nitrogens is 3. The zero-order valence-corrected chi connectivity index (χ0v) is 15.4. The molecule has 3 aromatic rings. The van der Waals surface area contributed by atoms with Crippen molar-refractivity contribution in [3.05, 3.63) is 54.1 Å². The van der Waals surface area contributed by atoms with Gasteiger partial charge in [-0.2, -0.15) is 0 Å². The van der Waals surface area contributed by atoms with Gasteiger partial charge in [-0.3, -0.25) is 9.36 Å². The van der Waals surface area contributed by atoms with Gasteiger partial charge in [-0.15, -0.1) is 10.2 Å². The van der Waals surface area contributed by atoms with Crippen molar-refractivity contribution >= 4 is 17.7 Å². The molecule has 4 rings (SSSR count). The maximum absolute atomic E-state index is 11.5. The minimum absolute atomic E-state index is 0.171. The van der Waals surface area contributed by atoms with Gasteiger partial charge >= 0.3 is 5.97 Å². The normalized spacial score (nSPS) is 12.2. The smallest absolute Gasteiger partial charge is 0.316 e. The van der Waals surface area contributed by atoms with E-state index in [2.05, 4.69) is 10.2 Å². The predicted molar refractivity (Wildman–Crippen MR) is 99.9 cm³/mol. The number of fused-ring (bicyclic) bond motifs is 1. The third-order valence-electron chi connectivity index (χ3n) is 4.07. The Morgan fingerprint density at radius 1 is 1.15 bits per heavy atom. The average Bonchev–Trinajstić information content (AvgIpc) is 3.33. The van der Waals surface area contributed by atoms with Crippen LogP contribution in [0, 0.1) is 0 Å². The van der Waals surface area contributed by atoms with E-state index in [-0.39, 0.29) is 18.5 Å². The maximum atomic E-state index is 11.5. The summed E-state index contributed by atoms with van der Waals surface area (Å²) in [6, 6.07) is 15.7. The molecule has 2 aromatic carbocycles. The van der Waals surface area contributed by atoms with Crippen molar-refractivity contribution in [1.29, 1.82) is 0 Å². The summed E-state index contributed by atoms with van der Waals surface area (Å²) in [6.07, 6.45) is 0. The second kappa shape index (κ2) is 7.71. The van der Waals surface area contributed by atoms with E-state index in [4.69, 9.17) is 14.2 Å². The van der Waals surface area contributed by atoms with Gasteiger partial charge in [0.15, 0.2) is 22.5 Å². The molecule has 0 amide bonds. The number of methoxy groups -OCH3 is 1. The monoisotopic (exact) mass is 383 g/mol. The highest BCUT2D eigenvalue weighted by Gasteiger charge is 2.18. The first kappa shape index (κ1) is 17.4. The van der Waals surface area contributed by atoms with Gasteiger partial charge in [-0.05, 0) is 17.7 Å². The van der Waals surface area contributed by atoms with E-state index in [1.807, 2.05) is 53.1 Å². The molecule has 7 nitrogen and oxygen atoms in total. The van der Waals surface area contributed by atoms with Crippen LogP contribution in [0.15, 0.2) is 53.7 Å². The van der Waals surface area contributed by atoms with Gasteiger partial charge in [0.1, 0.15) is 0 Å². The Bertz CT molecular complexity index is 959. The van der Waals surface area contributed by atoms with E-state index in [9.17, 15) is 4.79 Å².